The van der Waals surface area contributed by atoms with Gasteiger partial charge in [0.15, 0.2) is 5.54 Å². The Hall–Kier alpha value is -3.70. The summed E-state index contributed by atoms with van der Waals surface area (Å²) in [5, 5.41) is 11.9. The number of nitrogens with one attached hydrogen (secondary N) is 2. The van der Waals surface area contributed by atoms with E-state index in [1.807, 2.05) is 58.4 Å². The zero-order chi connectivity index (χ0) is 29.9. The number of amides is 1. The van der Waals surface area contributed by atoms with Crippen LogP contribution in [0, 0.1) is 0 Å². The fraction of sp³-hybridized carbons (Fsp3) is 0.267. The summed E-state index contributed by atoms with van der Waals surface area (Å²) in [6, 6.07) is 16.3. The number of aryl methyl sites for hydroxylation is 1. The first-order valence-electron chi connectivity index (χ1n) is 12.9. The standard InChI is InChI=1S/C30H34ClN7O2S/c1-29(2,3)41(40)36-30(4,23-10-12-24(31)13-11-23)28(39)35-25-14-8-20(9-15-25)27(32-5)26-16-21(19-38(26)33-6)22-17-34-37(7)18-22/h8-19,36H,6H2,1-5,7H3,(H,35,39)/b32-27-. The molecule has 0 saturated heterocycles. The van der Waals surface area contributed by atoms with Crippen molar-refractivity contribution in [2.24, 2.45) is 17.1 Å². The normalized spacial score (nSPS) is 14.4. The molecule has 0 saturated carbocycles. The van der Waals surface area contributed by atoms with Gasteiger partial charge in [-0.15, -0.1) is 4.72 Å². The summed E-state index contributed by atoms with van der Waals surface area (Å²) in [7, 11) is 3.58. The van der Waals surface area contributed by atoms with E-state index in [0.29, 0.717) is 22.0 Å². The molecule has 2 heterocycles. The molecule has 2 unspecified atom stereocenters. The Labute approximate surface area is 248 Å². The quantitative estimate of drug-likeness (QED) is 0.201. The minimum absolute atomic E-state index is 0.361. The largest absolute Gasteiger partial charge is 0.598 e. The third-order valence-corrected chi connectivity index (χ3v) is 8.56. The highest BCUT2D eigenvalue weighted by Crippen LogP contribution is 2.29. The molecule has 0 radical (unpaired) electrons. The van der Waals surface area contributed by atoms with Crippen molar-refractivity contribution in [3.63, 3.8) is 0 Å². The van der Waals surface area contributed by atoms with Crippen LogP contribution >= 0.6 is 11.6 Å². The van der Waals surface area contributed by atoms with Gasteiger partial charge in [-0.25, -0.2) is 4.68 Å². The van der Waals surface area contributed by atoms with Gasteiger partial charge in [0.05, 0.1) is 17.6 Å². The Morgan fingerprint density at radius 1 is 1.05 bits per heavy atom. The zero-order valence-corrected chi connectivity index (χ0v) is 25.5. The second-order valence-corrected chi connectivity index (χ2v) is 13.1. The molecule has 2 aromatic carbocycles. The van der Waals surface area contributed by atoms with Gasteiger partial charge in [0.1, 0.15) is 4.75 Å². The Morgan fingerprint density at radius 3 is 2.24 bits per heavy atom. The van der Waals surface area contributed by atoms with Crippen LogP contribution in [0.4, 0.5) is 5.69 Å². The van der Waals surface area contributed by atoms with Crippen LogP contribution in [0.1, 0.15) is 44.5 Å². The number of hydrogen-bond acceptors (Lipinski definition) is 6. The SMILES string of the molecule is C=Nn1cc(-c2cnn(C)c2)cc1/C(=N\C)c1ccc(NC(=O)C(C)(N[S+]([O-])C(C)(C)C)c2ccc(Cl)cc2)cc1. The summed E-state index contributed by atoms with van der Waals surface area (Å²) in [4.78, 5) is 18.2. The van der Waals surface area contributed by atoms with Crippen LogP contribution in [0.15, 0.2) is 83.3 Å². The maximum Gasteiger partial charge on any atom is 0.253 e. The molecule has 0 spiro atoms. The number of carbonyl (C=O) groups is 1. The summed E-state index contributed by atoms with van der Waals surface area (Å²) in [5.74, 6) is -0.361. The summed E-state index contributed by atoms with van der Waals surface area (Å²) in [6.45, 7) is 11.0. The summed E-state index contributed by atoms with van der Waals surface area (Å²) in [5.41, 5.74) is 4.11. The highest BCUT2D eigenvalue weighted by Gasteiger charge is 2.43. The van der Waals surface area contributed by atoms with Crippen molar-refractivity contribution in [2.75, 3.05) is 12.4 Å². The van der Waals surface area contributed by atoms with Gasteiger partial charge in [0.2, 0.25) is 0 Å². The molecule has 0 bridgehead atoms. The lowest BCUT2D eigenvalue weighted by Gasteiger charge is -2.34. The van der Waals surface area contributed by atoms with Gasteiger partial charge in [-0.3, -0.25) is 14.5 Å². The minimum atomic E-state index is -1.52. The lowest BCUT2D eigenvalue weighted by atomic mass is 9.92. The van der Waals surface area contributed by atoms with Crippen LogP contribution in [0.25, 0.3) is 11.1 Å². The molecule has 0 fully saturated rings. The fourth-order valence-electron chi connectivity index (χ4n) is 4.19. The Morgan fingerprint density at radius 2 is 1.71 bits per heavy atom. The van der Waals surface area contributed by atoms with E-state index in [1.165, 1.54) is 0 Å². The number of carbonyl (C=O) groups excluding carboxylic acids is 1. The molecule has 41 heavy (non-hydrogen) atoms. The molecule has 4 rings (SSSR count). The molecular weight excluding hydrogens is 558 g/mol. The lowest BCUT2D eigenvalue weighted by Crippen LogP contribution is -2.55. The van der Waals surface area contributed by atoms with Crippen molar-refractivity contribution < 1.29 is 9.35 Å². The first-order chi connectivity index (χ1) is 19.3. The molecule has 1 amide bonds. The first-order valence-corrected chi connectivity index (χ1v) is 14.4. The maximum absolute atomic E-state index is 13.7. The van der Waals surface area contributed by atoms with E-state index in [1.54, 1.807) is 65.9 Å². The molecule has 0 aliphatic heterocycles. The van der Waals surface area contributed by atoms with Gasteiger partial charge in [-0.1, -0.05) is 35.9 Å². The maximum atomic E-state index is 13.7. The number of rotatable bonds is 9. The van der Waals surface area contributed by atoms with Crippen molar-refractivity contribution in [2.45, 2.75) is 38.0 Å². The number of anilines is 1. The van der Waals surface area contributed by atoms with Gasteiger partial charge in [0, 0.05) is 72.0 Å². The molecule has 0 aliphatic rings. The van der Waals surface area contributed by atoms with E-state index >= 15 is 0 Å². The molecule has 4 aromatic rings. The van der Waals surface area contributed by atoms with Crippen LogP contribution in [-0.2, 0) is 28.7 Å². The zero-order valence-electron chi connectivity index (χ0n) is 24.0. The van der Waals surface area contributed by atoms with E-state index < -0.39 is 21.6 Å². The molecular formula is C30H34ClN7O2S. The monoisotopic (exact) mass is 591 g/mol. The predicted molar refractivity (Wildman–Crippen MR) is 168 cm³/mol. The third-order valence-electron chi connectivity index (χ3n) is 6.60. The summed E-state index contributed by atoms with van der Waals surface area (Å²) >= 11 is 4.57. The van der Waals surface area contributed by atoms with Gasteiger partial charge in [-0.2, -0.15) is 10.2 Å². The number of nitrogens with zero attached hydrogens (tertiary/aromatic N) is 5. The van der Waals surface area contributed by atoms with Crippen LogP contribution in [0.2, 0.25) is 5.02 Å². The Balaban J connectivity index is 1.60. The summed E-state index contributed by atoms with van der Waals surface area (Å²) < 4.78 is 19.0. The van der Waals surface area contributed by atoms with Gasteiger partial charge >= 0.3 is 0 Å². The molecule has 2 N–H and O–H groups in total. The van der Waals surface area contributed by atoms with Crippen LogP contribution < -0.4 is 10.0 Å². The number of halogens is 1. The van der Waals surface area contributed by atoms with Crippen molar-refractivity contribution >= 4 is 47.0 Å². The van der Waals surface area contributed by atoms with Crippen molar-refractivity contribution in [3.8, 4) is 11.1 Å². The Kier molecular flexibility index (Phi) is 8.89. The average Bonchev–Trinajstić information content (AvgIpc) is 3.56. The van der Waals surface area contributed by atoms with Crippen LogP contribution in [0.5, 0.6) is 0 Å². The highest BCUT2D eigenvalue weighted by molar-refractivity contribution is 7.90. The first kappa shape index (κ1) is 30.3. The molecule has 11 heteroatoms. The molecule has 214 valence electrons. The topological polar surface area (TPSA) is 112 Å². The fourth-order valence-corrected chi connectivity index (χ4v) is 5.20. The van der Waals surface area contributed by atoms with Crippen molar-refractivity contribution in [1.29, 1.82) is 0 Å². The lowest BCUT2D eigenvalue weighted by molar-refractivity contribution is -0.121. The van der Waals surface area contributed by atoms with Crippen molar-refractivity contribution in [1.82, 2.24) is 19.2 Å². The molecule has 2 atom stereocenters. The van der Waals surface area contributed by atoms with Crippen LogP contribution in [-0.4, -0.2) is 49.1 Å². The van der Waals surface area contributed by atoms with Crippen LogP contribution in [0.3, 0.4) is 0 Å². The average molecular weight is 592 g/mol. The third kappa shape index (κ3) is 6.62. The van der Waals surface area contributed by atoms with E-state index in [9.17, 15) is 9.35 Å². The second-order valence-electron chi connectivity index (χ2n) is 10.7. The second kappa shape index (κ2) is 12.0. The van der Waals surface area contributed by atoms with Gasteiger partial charge < -0.3 is 9.87 Å². The van der Waals surface area contributed by atoms with E-state index in [0.717, 1.165) is 22.4 Å². The molecule has 9 nitrogen and oxygen atoms in total. The Bertz CT molecular complexity index is 1570. The van der Waals surface area contributed by atoms with E-state index in [-0.39, 0.29) is 5.91 Å². The highest BCUT2D eigenvalue weighted by atomic mass is 35.5. The van der Waals surface area contributed by atoms with Crippen molar-refractivity contribution in [3.05, 3.63) is 95.0 Å². The van der Waals surface area contributed by atoms with E-state index in [4.69, 9.17) is 11.6 Å². The summed E-state index contributed by atoms with van der Waals surface area (Å²) in [6.07, 6.45) is 5.60. The minimum Gasteiger partial charge on any atom is -0.598 e. The molecule has 2 aromatic heterocycles. The predicted octanol–water partition coefficient (Wildman–Crippen LogP) is 5.38. The number of aromatic nitrogens is 3. The number of hydrogen-bond donors (Lipinski definition) is 2. The van der Waals surface area contributed by atoms with E-state index in [2.05, 4.69) is 31.9 Å². The van der Waals surface area contributed by atoms with Gasteiger partial charge in [-0.05, 0) is 63.6 Å². The smallest absolute Gasteiger partial charge is 0.253 e. The number of aliphatic imine (C=N–C) groups is 1. The van der Waals surface area contributed by atoms with Gasteiger partial charge in [0.25, 0.3) is 5.91 Å². The molecule has 0 aliphatic carbocycles. The number of benzene rings is 2.